The second-order valence-electron chi connectivity index (χ2n) is 9.40. The highest BCUT2D eigenvalue weighted by Crippen LogP contribution is 2.34. The zero-order chi connectivity index (χ0) is 27.0. The lowest BCUT2D eigenvalue weighted by atomic mass is 9.98. The maximum Gasteiger partial charge on any atom is 0.408 e. The number of carbonyl (C=O) groups is 2. The number of methoxy groups -OCH3 is 2. The minimum atomic E-state index is -1.09. The van der Waals surface area contributed by atoms with Crippen LogP contribution in [0.25, 0.3) is 22.3 Å². The van der Waals surface area contributed by atoms with Crippen molar-refractivity contribution in [3.8, 4) is 33.8 Å². The van der Waals surface area contributed by atoms with E-state index < -0.39 is 23.7 Å². The largest absolute Gasteiger partial charge is 0.493 e. The number of carboxylic acids is 1. The number of amides is 1. The maximum atomic E-state index is 11.9. The molecule has 3 aromatic rings. The van der Waals surface area contributed by atoms with Crippen LogP contribution in [0.2, 0.25) is 0 Å². The van der Waals surface area contributed by atoms with Crippen molar-refractivity contribution in [3.05, 3.63) is 72.3 Å². The van der Waals surface area contributed by atoms with Gasteiger partial charge in [-0.1, -0.05) is 48.5 Å². The number of aliphatic carboxylic acids is 1. The fourth-order valence-electron chi connectivity index (χ4n) is 3.61. The van der Waals surface area contributed by atoms with E-state index in [1.54, 1.807) is 35.0 Å². The summed E-state index contributed by atoms with van der Waals surface area (Å²) in [5.74, 6) is 1.11. The molecular weight excluding hydrogens is 490 g/mol. The van der Waals surface area contributed by atoms with Crippen LogP contribution >= 0.6 is 11.8 Å². The molecular formula is C29H33NO6S. The second kappa shape index (κ2) is 12.5. The molecule has 0 spiro atoms. The zero-order valence-electron chi connectivity index (χ0n) is 21.7. The van der Waals surface area contributed by atoms with Crippen LogP contribution in [0.1, 0.15) is 26.3 Å². The summed E-state index contributed by atoms with van der Waals surface area (Å²) in [4.78, 5) is 23.5. The van der Waals surface area contributed by atoms with Crippen LogP contribution in [0.4, 0.5) is 4.79 Å². The Kier molecular flexibility index (Phi) is 9.47. The zero-order valence-corrected chi connectivity index (χ0v) is 22.6. The van der Waals surface area contributed by atoms with Crippen molar-refractivity contribution in [3.63, 3.8) is 0 Å². The molecule has 196 valence electrons. The van der Waals surface area contributed by atoms with E-state index in [4.69, 9.17) is 14.2 Å². The highest BCUT2D eigenvalue weighted by atomic mass is 32.2. The summed E-state index contributed by atoms with van der Waals surface area (Å²) < 4.78 is 15.9. The van der Waals surface area contributed by atoms with Gasteiger partial charge in [-0.15, -0.1) is 0 Å². The molecule has 37 heavy (non-hydrogen) atoms. The first kappa shape index (κ1) is 27.9. The third kappa shape index (κ3) is 8.18. The van der Waals surface area contributed by atoms with E-state index in [-0.39, 0.29) is 5.75 Å². The molecule has 0 aliphatic carbocycles. The maximum absolute atomic E-state index is 11.9. The van der Waals surface area contributed by atoms with E-state index in [0.29, 0.717) is 17.3 Å². The summed E-state index contributed by atoms with van der Waals surface area (Å²) >= 11 is 1.44. The summed E-state index contributed by atoms with van der Waals surface area (Å²) in [5.41, 5.74) is 4.62. The molecule has 7 nitrogen and oxygen atoms in total. The first-order valence-electron chi connectivity index (χ1n) is 11.8. The Bertz CT molecular complexity index is 1220. The normalized spacial score (nSPS) is 11.9. The molecule has 0 aromatic heterocycles. The Morgan fingerprint density at radius 1 is 0.865 bits per heavy atom. The van der Waals surface area contributed by atoms with Gasteiger partial charge in [0.15, 0.2) is 11.5 Å². The van der Waals surface area contributed by atoms with Crippen LogP contribution in [0.15, 0.2) is 66.7 Å². The van der Waals surface area contributed by atoms with E-state index in [0.717, 1.165) is 27.8 Å². The van der Waals surface area contributed by atoms with Crippen molar-refractivity contribution in [2.75, 3.05) is 20.0 Å². The number of alkyl carbamates (subject to hydrolysis) is 1. The molecule has 0 aliphatic rings. The predicted molar refractivity (Wildman–Crippen MR) is 147 cm³/mol. The summed E-state index contributed by atoms with van der Waals surface area (Å²) in [6, 6.07) is 21.3. The number of carbonyl (C=O) groups excluding carboxylic acids is 1. The average Bonchev–Trinajstić information content (AvgIpc) is 2.87. The minimum Gasteiger partial charge on any atom is -0.493 e. The SMILES string of the molecule is COc1ccc(-c2cccc(-c3ccc(CSCC(NC(=O)OC(C)(C)C)C(=O)O)cc3)c2)cc1OC. The number of rotatable bonds is 10. The smallest absolute Gasteiger partial charge is 0.408 e. The Morgan fingerprint density at radius 3 is 2.05 bits per heavy atom. The van der Waals surface area contributed by atoms with Gasteiger partial charge in [0.1, 0.15) is 11.6 Å². The van der Waals surface area contributed by atoms with E-state index in [1.807, 2.05) is 36.4 Å². The van der Waals surface area contributed by atoms with Gasteiger partial charge in [0, 0.05) is 11.5 Å². The van der Waals surface area contributed by atoms with Gasteiger partial charge in [0.25, 0.3) is 0 Å². The van der Waals surface area contributed by atoms with Crippen molar-refractivity contribution in [2.24, 2.45) is 0 Å². The molecule has 1 amide bonds. The van der Waals surface area contributed by atoms with Gasteiger partial charge in [-0.2, -0.15) is 11.8 Å². The molecule has 0 saturated heterocycles. The number of nitrogens with one attached hydrogen (secondary N) is 1. The fourth-order valence-corrected chi connectivity index (χ4v) is 4.61. The monoisotopic (exact) mass is 523 g/mol. The van der Waals surface area contributed by atoms with Crippen LogP contribution < -0.4 is 14.8 Å². The third-order valence-corrected chi connectivity index (χ3v) is 6.52. The molecule has 0 aliphatic heterocycles. The van der Waals surface area contributed by atoms with Crippen LogP contribution in [-0.4, -0.2) is 48.8 Å². The van der Waals surface area contributed by atoms with Gasteiger partial charge in [0.2, 0.25) is 0 Å². The summed E-state index contributed by atoms with van der Waals surface area (Å²) in [6.45, 7) is 5.19. The van der Waals surface area contributed by atoms with Crippen molar-refractivity contribution >= 4 is 23.8 Å². The number of benzene rings is 3. The van der Waals surface area contributed by atoms with Crippen LogP contribution in [0, 0.1) is 0 Å². The topological polar surface area (TPSA) is 94.1 Å². The Labute approximate surface area is 222 Å². The van der Waals surface area contributed by atoms with Gasteiger partial charge in [-0.25, -0.2) is 9.59 Å². The summed E-state index contributed by atoms with van der Waals surface area (Å²) in [5, 5.41) is 11.9. The van der Waals surface area contributed by atoms with Crippen molar-refractivity contribution in [1.29, 1.82) is 0 Å². The van der Waals surface area contributed by atoms with Crippen molar-refractivity contribution < 1.29 is 28.9 Å². The number of carboxylic acid groups (broad SMARTS) is 1. The molecule has 1 unspecified atom stereocenters. The van der Waals surface area contributed by atoms with Gasteiger partial charge in [-0.3, -0.25) is 0 Å². The summed E-state index contributed by atoms with van der Waals surface area (Å²) in [6.07, 6.45) is -0.736. The van der Waals surface area contributed by atoms with Crippen molar-refractivity contribution in [1.82, 2.24) is 5.32 Å². The van der Waals surface area contributed by atoms with E-state index >= 15 is 0 Å². The molecule has 0 saturated carbocycles. The van der Waals surface area contributed by atoms with E-state index in [1.165, 1.54) is 11.8 Å². The average molecular weight is 524 g/mol. The highest BCUT2D eigenvalue weighted by molar-refractivity contribution is 7.98. The third-order valence-electron chi connectivity index (χ3n) is 5.41. The molecule has 1 atom stereocenters. The Balaban J connectivity index is 1.63. The molecule has 0 bridgehead atoms. The Morgan fingerprint density at radius 2 is 1.46 bits per heavy atom. The van der Waals surface area contributed by atoms with Gasteiger partial charge in [0.05, 0.1) is 14.2 Å². The van der Waals surface area contributed by atoms with Gasteiger partial charge >= 0.3 is 12.1 Å². The number of ether oxygens (including phenoxy) is 3. The molecule has 3 rings (SSSR count). The molecule has 0 radical (unpaired) electrons. The number of hydrogen-bond donors (Lipinski definition) is 2. The van der Waals surface area contributed by atoms with Crippen molar-refractivity contribution in [2.45, 2.75) is 38.2 Å². The fraction of sp³-hybridized carbons (Fsp3) is 0.310. The first-order valence-corrected chi connectivity index (χ1v) is 13.0. The van der Waals surface area contributed by atoms with Gasteiger partial charge in [-0.05, 0) is 66.8 Å². The molecule has 0 heterocycles. The molecule has 3 aromatic carbocycles. The summed E-state index contributed by atoms with van der Waals surface area (Å²) in [7, 11) is 3.24. The van der Waals surface area contributed by atoms with Crippen LogP contribution in [0.5, 0.6) is 11.5 Å². The lowest BCUT2D eigenvalue weighted by molar-refractivity contribution is -0.138. The molecule has 8 heteroatoms. The van der Waals surface area contributed by atoms with E-state index in [9.17, 15) is 14.7 Å². The minimum absolute atomic E-state index is 0.226. The first-order chi connectivity index (χ1) is 17.6. The standard InChI is InChI=1S/C29H33NO6S/c1-29(2,3)36-28(33)30-24(27(31)32)18-37-17-19-9-11-20(12-10-19)21-7-6-8-22(15-21)23-13-14-25(34-4)26(16-23)35-5/h6-16,24H,17-18H2,1-5H3,(H,30,33)(H,31,32). The highest BCUT2D eigenvalue weighted by Gasteiger charge is 2.23. The lowest BCUT2D eigenvalue weighted by Crippen LogP contribution is -2.44. The van der Waals surface area contributed by atoms with E-state index in [2.05, 4.69) is 35.6 Å². The quantitative estimate of drug-likeness (QED) is 0.324. The van der Waals surface area contributed by atoms with Crippen LogP contribution in [-0.2, 0) is 15.3 Å². The molecule has 0 fully saturated rings. The lowest BCUT2D eigenvalue weighted by Gasteiger charge is -2.21. The molecule has 2 N–H and O–H groups in total. The predicted octanol–water partition coefficient (Wildman–Crippen LogP) is 6.25. The Hall–Kier alpha value is -3.65. The van der Waals surface area contributed by atoms with Gasteiger partial charge < -0.3 is 24.6 Å². The second-order valence-corrected chi connectivity index (χ2v) is 10.4. The number of hydrogen-bond acceptors (Lipinski definition) is 6. The van der Waals surface area contributed by atoms with Crippen LogP contribution in [0.3, 0.4) is 0 Å². The number of thioether (sulfide) groups is 1.